The van der Waals surface area contributed by atoms with Gasteiger partial charge < -0.3 is 5.32 Å². The van der Waals surface area contributed by atoms with E-state index in [-0.39, 0.29) is 37.4 Å². The molecular weight excluding hydrogens is 618 g/mol. The molecule has 10 nitrogen and oxygen atoms in total. The minimum absolute atomic E-state index is 0.0210. The van der Waals surface area contributed by atoms with Gasteiger partial charge in [0.25, 0.3) is 10.0 Å². The Hall–Kier alpha value is -2.62. The number of rotatable bonds is 8. The van der Waals surface area contributed by atoms with E-state index in [1.165, 1.54) is 36.7 Å². The number of halogens is 1. The molecule has 0 unspecified atom stereocenters. The summed E-state index contributed by atoms with van der Waals surface area (Å²) < 4.78 is 48.4. The first-order chi connectivity index (χ1) is 18.3. The number of hydrogen-bond donors (Lipinski definition) is 3. The molecule has 4 N–H and O–H groups in total. The van der Waals surface area contributed by atoms with Gasteiger partial charge in [0.2, 0.25) is 10.0 Å². The fourth-order valence-corrected chi connectivity index (χ4v) is 7.31. The van der Waals surface area contributed by atoms with Crippen molar-refractivity contribution in [3.63, 3.8) is 0 Å². The maximum Gasteiger partial charge on any atom is 0.333 e. The second kappa shape index (κ2) is 13.4. The van der Waals surface area contributed by atoms with E-state index in [2.05, 4.69) is 5.32 Å². The van der Waals surface area contributed by atoms with Crippen molar-refractivity contribution >= 4 is 77.6 Å². The average Bonchev–Trinajstić information content (AvgIpc) is 3.50. The first-order valence-electron chi connectivity index (χ1n) is 11.7. The summed E-state index contributed by atoms with van der Waals surface area (Å²) in [6, 6.07) is 5.19. The molecule has 0 aliphatic heterocycles. The highest BCUT2D eigenvalue weighted by Gasteiger charge is 2.23. The Bertz CT molecular complexity index is 1610. The van der Waals surface area contributed by atoms with Crippen molar-refractivity contribution in [2.45, 2.75) is 61.8 Å². The van der Waals surface area contributed by atoms with E-state index in [0.29, 0.717) is 16.3 Å². The van der Waals surface area contributed by atoms with Gasteiger partial charge in [-0.05, 0) is 61.1 Å². The van der Waals surface area contributed by atoms with Crippen LogP contribution >= 0.6 is 34.3 Å². The van der Waals surface area contributed by atoms with Gasteiger partial charge >= 0.3 is 6.03 Å². The van der Waals surface area contributed by atoms with Gasteiger partial charge in [0.1, 0.15) is 8.42 Å². The standard InChI is InChI=1S/C19H23ClN2O4S2.C6H7NO3S2/c1-10(2)15-7-14(20)8-16(11(3)4)18(15)21-19(24)22-28(25,26)17-6-13(9-27-17)12(5)23;1-4(8)5-2-6(11-3-5)12(7,9)10/h6-11H,1-5H3,(H2,21,22,24);2-3H,1H3,(H2,7,9,10). The molecule has 0 saturated carbocycles. The molecule has 3 aromatic rings. The molecule has 218 valence electrons. The van der Waals surface area contributed by atoms with Crippen LogP contribution in [0.1, 0.15) is 85.2 Å². The molecule has 0 aliphatic rings. The summed E-state index contributed by atoms with van der Waals surface area (Å²) in [5.41, 5.74) is 2.85. The number of nitrogens with one attached hydrogen (secondary N) is 2. The Balaban J connectivity index is 0.000000389. The minimum Gasteiger partial charge on any atom is -0.307 e. The van der Waals surface area contributed by atoms with E-state index >= 15 is 0 Å². The van der Waals surface area contributed by atoms with Gasteiger partial charge in [-0.2, -0.15) is 0 Å². The van der Waals surface area contributed by atoms with E-state index in [4.69, 9.17) is 16.7 Å². The van der Waals surface area contributed by atoms with Crippen LogP contribution in [0.4, 0.5) is 10.5 Å². The number of primary sulfonamides is 1. The highest BCUT2D eigenvalue weighted by atomic mass is 35.5. The second-order valence-corrected chi connectivity index (χ2v) is 15.3. The lowest BCUT2D eigenvalue weighted by atomic mass is 9.92. The number of amides is 2. The molecule has 0 atom stereocenters. The van der Waals surface area contributed by atoms with Crippen LogP contribution in [-0.4, -0.2) is 34.4 Å². The summed E-state index contributed by atoms with van der Waals surface area (Å²) in [5.74, 6) is -0.273. The third-order valence-corrected chi connectivity index (χ3v) is 10.8. The molecule has 2 heterocycles. The van der Waals surface area contributed by atoms with Gasteiger partial charge in [-0.15, -0.1) is 22.7 Å². The Labute approximate surface area is 247 Å². The van der Waals surface area contributed by atoms with Gasteiger partial charge in [-0.3, -0.25) is 9.59 Å². The van der Waals surface area contributed by atoms with Crippen LogP contribution in [0, 0.1) is 0 Å². The van der Waals surface area contributed by atoms with Gasteiger partial charge in [0, 0.05) is 32.6 Å². The summed E-state index contributed by atoms with van der Waals surface area (Å²) in [7, 11) is -7.74. The zero-order chi connectivity index (χ0) is 30.6. The zero-order valence-corrected chi connectivity index (χ0v) is 26.6. The normalized spacial score (nSPS) is 11.7. The number of anilines is 1. The molecule has 1 aromatic carbocycles. The third-order valence-electron chi connectivity index (χ3n) is 5.38. The number of hydrogen-bond acceptors (Lipinski definition) is 9. The number of nitrogens with two attached hydrogens (primary N) is 1. The van der Waals surface area contributed by atoms with Crippen molar-refractivity contribution < 1.29 is 31.2 Å². The van der Waals surface area contributed by atoms with E-state index in [1.54, 1.807) is 12.1 Å². The van der Waals surface area contributed by atoms with Crippen molar-refractivity contribution in [1.82, 2.24) is 4.72 Å². The highest BCUT2D eigenvalue weighted by Crippen LogP contribution is 2.35. The third kappa shape index (κ3) is 8.94. The number of urea groups is 1. The molecule has 0 spiro atoms. The molecule has 0 fully saturated rings. The quantitative estimate of drug-likeness (QED) is 0.253. The van der Waals surface area contributed by atoms with Gasteiger partial charge in [-0.25, -0.2) is 31.5 Å². The van der Waals surface area contributed by atoms with E-state index in [1.807, 2.05) is 32.4 Å². The summed E-state index contributed by atoms with van der Waals surface area (Å²) in [6.45, 7) is 10.6. The Morgan fingerprint density at radius 2 is 1.23 bits per heavy atom. The molecule has 2 amide bonds. The van der Waals surface area contributed by atoms with E-state index < -0.39 is 26.1 Å². The van der Waals surface area contributed by atoms with Crippen LogP contribution in [0.5, 0.6) is 0 Å². The molecule has 3 rings (SSSR count). The number of ketones is 2. The molecule has 0 saturated heterocycles. The summed E-state index contributed by atoms with van der Waals surface area (Å²) in [4.78, 5) is 34.6. The van der Waals surface area contributed by atoms with Gasteiger partial charge in [-0.1, -0.05) is 39.3 Å². The van der Waals surface area contributed by atoms with Crippen LogP contribution in [0.25, 0.3) is 0 Å². The van der Waals surface area contributed by atoms with Crippen LogP contribution < -0.4 is 15.2 Å². The summed E-state index contributed by atoms with van der Waals surface area (Å²) >= 11 is 8.04. The number of benzene rings is 1. The molecule has 2 aromatic heterocycles. The van der Waals surface area contributed by atoms with Crippen LogP contribution in [-0.2, 0) is 20.0 Å². The van der Waals surface area contributed by atoms with Crippen molar-refractivity contribution in [2.75, 3.05) is 5.32 Å². The average molecular weight is 648 g/mol. The molecular formula is C25H30ClN3O7S4. The molecule has 0 bridgehead atoms. The Morgan fingerprint density at radius 3 is 1.57 bits per heavy atom. The van der Waals surface area contributed by atoms with Crippen molar-refractivity contribution in [1.29, 1.82) is 0 Å². The molecule has 0 aliphatic carbocycles. The van der Waals surface area contributed by atoms with Crippen molar-refractivity contribution in [2.24, 2.45) is 5.14 Å². The minimum atomic E-state index is -4.09. The fraction of sp³-hybridized carbons (Fsp3) is 0.320. The van der Waals surface area contributed by atoms with Gasteiger partial charge in [0.15, 0.2) is 11.6 Å². The number of carbonyl (C=O) groups is 3. The van der Waals surface area contributed by atoms with Crippen LogP contribution in [0.3, 0.4) is 0 Å². The summed E-state index contributed by atoms with van der Waals surface area (Å²) in [6.07, 6.45) is 0. The number of thiophene rings is 2. The zero-order valence-electron chi connectivity index (χ0n) is 22.6. The first-order valence-corrected chi connectivity index (χ1v) is 16.9. The smallest absolute Gasteiger partial charge is 0.307 e. The van der Waals surface area contributed by atoms with Crippen LogP contribution in [0.2, 0.25) is 5.02 Å². The maximum atomic E-state index is 12.5. The van der Waals surface area contributed by atoms with E-state index in [0.717, 1.165) is 33.8 Å². The Kier molecular flexibility index (Phi) is 11.2. The Morgan fingerprint density at radius 1 is 0.800 bits per heavy atom. The first kappa shape index (κ1) is 33.6. The van der Waals surface area contributed by atoms with E-state index in [9.17, 15) is 31.2 Å². The molecule has 0 radical (unpaired) electrons. The fourth-order valence-electron chi connectivity index (χ4n) is 3.31. The monoisotopic (exact) mass is 647 g/mol. The van der Waals surface area contributed by atoms with Crippen molar-refractivity contribution in [3.05, 3.63) is 62.3 Å². The second-order valence-electron chi connectivity index (χ2n) is 9.29. The highest BCUT2D eigenvalue weighted by molar-refractivity contribution is 7.92. The maximum absolute atomic E-state index is 12.5. The lowest BCUT2D eigenvalue weighted by Gasteiger charge is -2.21. The van der Waals surface area contributed by atoms with Crippen LogP contribution in [0.15, 0.2) is 43.4 Å². The molecule has 40 heavy (non-hydrogen) atoms. The van der Waals surface area contributed by atoms with Crippen molar-refractivity contribution in [3.8, 4) is 0 Å². The number of sulfonamides is 2. The topological polar surface area (TPSA) is 170 Å². The number of Topliss-reactive ketones (excluding diaryl/α,β-unsaturated/α-hetero) is 2. The largest absolute Gasteiger partial charge is 0.333 e. The SMILES string of the molecule is CC(=O)c1csc(S(=O)(=O)NC(=O)Nc2c(C(C)C)cc(Cl)cc2C(C)C)c1.CC(=O)c1csc(S(N)(=O)=O)c1. The molecule has 15 heteroatoms. The lowest BCUT2D eigenvalue weighted by molar-refractivity contribution is 0.100. The predicted octanol–water partition coefficient (Wildman–Crippen LogP) is 5.96. The predicted molar refractivity (Wildman–Crippen MR) is 159 cm³/mol. The number of carbonyl (C=O) groups excluding carboxylic acids is 3. The summed E-state index contributed by atoms with van der Waals surface area (Å²) in [5, 5.41) is 11.0. The lowest BCUT2D eigenvalue weighted by Crippen LogP contribution is -2.34. The van der Waals surface area contributed by atoms with Gasteiger partial charge in [0.05, 0.1) is 0 Å².